The Morgan fingerprint density at radius 1 is 1.07 bits per heavy atom. The zero-order valence-electron chi connectivity index (χ0n) is 37.6. The smallest absolute Gasteiger partial charge is 0.416 e. The van der Waals surface area contributed by atoms with Crippen molar-refractivity contribution in [1.82, 2.24) is 29.6 Å². The topological polar surface area (TPSA) is 175 Å². The van der Waals surface area contributed by atoms with Crippen LogP contribution < -0.4 is 47.5 Å². The highest BCUT2D eigenvalue weighted by atomic mass is 35.5. The lowest BCUT2D eigenvalue weighted by molar-refractivity contribution is -0.753. The van der Waals surface area contributed by atoms with E-state index in [9.17, 15) is 23.9 Å². The van der Waals surface area contributed by atoms with Gasteiger partial charge in [0.1, 0.15) is 48.6 Å². The number of anilines is 2. The Morgan fingerprint density at radius 2 is 1.81 bits per heavy atom. The number of carbonyl (C=O) groups excluding carboxylic acids is 2. The first kappa shape index (κ1) is 52.5. The molecule has 364 valence electrons. The van der Waals surface area contributed by atoms with E-state index >= 15 is 4.39 Å². The molecule has 1 amide bonds. The summed E-state index contributed by atoms with van der Waals surface area (Å²) in [6.45, 7) is 7.72. The molecular weight excluding hydrogens is 941 g/mol. The van der Waals surface area contributed by atoms with E-state index in [2.05, 4.69) is 20.4 Å². The molecule has 23 heteroatoms. The number of aromatic nitrogens is 6. The number of hydrogen-bond acceptors (Lipinski definition) is 13. The first-order valence-corrected chi connectivity index (χ1v) is 21.7. The molecule has 5 aromatic rings. The number of nitrogens with zero attached hydrogens (tertiary/aromatic N) is 9. The third-order valence-electron chi connectivity index (χ3n) is 11.7. The minimum absolute atomic E-state index is 0. The van der Waals surface area contributed by atoms with Crippen molar-refractivity contribution in [2.75, 3.05) is 68.2 Å². The number of carbonyl (C=O) groups is 2. The molecule has 2 N–H and O–H groups in total. The minimum atomic E-state index is -1.31. The molecule has 7 rings (SSSR count). The molecule has 67 heavy (non-hydrogen) atoms. The highest BCUT2D eigenvalue weighted by Gasteiger charge is 2.47. The predicted octanol–water partition coefficient (Wildman–Crippen LogP) is 1.49. The van der Waals surface area contributed by atoms with Crippen LogP contribution in [0.4, 0.5) is 25.0 Å². The van der Waals surface area contributed by atoms with E-state index in [1.165, 1.54) is 50.8 Å². The number of nitrogens with one attached hydrogen (secondary N) is 1. The molecule has 0 aliphatic carbocycles. The molecule has 2 aromatic heterocycles. The summed E-state index contributed by atoms with van der Waals surface area (Å²) in [7, 11) is 3.13. The third kappa shape index (κ3) is 12.2. The quantitative estimate of drug-likeness (QED) is 0.102. The van der Waals surface area contributed by atoms with E-state index in [0.29, 0.717) is 54.6 Å². The molecule has 0 saturated carbocycles. The van der Waals surface area contributed by atoms with Crippen LogP contribution in [0.2, 0.25) is 5.02 Å². The number of amides is 1. The lowest BCUT2D eigenvalue weighted by atomic mass is 9.89. The van der Waals surface area contributed by atoms with Gasteiger partial charge in [-0.05, 0) is 62.9 Å². The zero-order valence-corrected chi connectivity index (χ0v) is 40.0. The molecule has 2 aliphatic heterocycles. The predicted molar refractivity (Wildman–Crippen MR) is 242 cm³/mol. The van der Waals surface area contributed by atoms with Gasteiger partial charge in [-0.3, -0.25) is 9.69 Å². The van der Waals surface area contributed by atoms with Crippen LogP contribution in [0, 0.1) is 11.6 Å². The summed E-state index contributed by atoms with van der Waals surface area (Å²) in [5.41, 5.74) is 0.443. The second-order valence-electron chi connectivity index (χ2n) is 16.1. The molecule has 2 aliphatic rings. The van der Waals surface area contributed by atoms with E-state index in [4.69, 9.17) is 30.5 Å². The van der Waals surface area contributed by atoms with Gasteiger partial charge in [0, 0.05) is 66.5 Å². The molecule has 0 spiro atoms. The van der Waals surface area contributed by atoms with Crippen molar-refractivity contribution in [3.63, 3.8) is 0 Å². The number of aliphatic hydroxyl groups excluding tert-OH is 1. The lowest BCUT2D eigenvalue weighted by Gasteiger charge is -2.36. The fourth-order valence-electron chi connectivity index (χ4n) is 8.18. The number of esters is 1. The molecule has 4 heterocycles. The van der Waals surface area contributed by atoms with Gasteiger partial charge in [-0.15, -0.1) is 17.1 Å². The van der Waals surface area contributed by atoms with Crippen molar-refractivity contribution in [3.8, 4) is 5.75 Å². The van der Waals surface area contributed by atoms with Crippen LogP contribution in [0.3, 0.4) is 0 Å². The molecule has 2 fully saturated rings. The summed E-state index contributed by atoms with van der Waals surface area (Å²) in [6.07, 6.45) is 2.54. The molecule has 2 saturated heterocycles. The maximum Gasteiger partial charge on any atom is 0.416 e. The monoisotopic (exact) mass is 994 g/mol. The highest BCUT2D eigenvalue weighted by molar-refractivity contribution is 6.31. The van der Waals surface area contributed by atoms with Gasteiger partial charge in [-0.2, -0.15) is 14.3 Å². The average Bonchev–Trinajstić information content (AvgIpc) is 4.03. The largest absolute Gasteiger partial charge is 1.00 e. The Bertz CT molecular complexity index is 2510. The van der Waals surface area contributed by atoms with Crippen LogP contribution in [0.25, 0.3) is 0 Å². The number of likely N-dealkylation sites (N-methyl/N-ethyl adjacent to an activating group) is 1. The van der Waals surface area contributed by atoms with Crippen molar-refractivity contribution >= 4 is 47.4 Å². The standard InChI is InChI=1S/C44H54ClF2N10O8.2ClH/c1-6-39(29(2)58)57-42(60)56(27-50-57)55-17-15-52(16-18-55)34-10-12-35(13-11-34)65-36-21-44(63-24-36,37-14-9-33(46)20-38(37)47)25-54-28-53(26-49-54)30(3)64-43(61)51(5)40-19-32(45)8-7-31(40)23-62-41(59)22-48-4;;/h7-14,19-20,26-30,36,39,48,58H,6,15-18,21-25H2,1-5H3;2*1H/q+1;;/p-1. The second kappa shape index (κ2) is 23.0. The van der Waals surface area contributed by atoms with E-state index < -0.39 is 53.8 Å². The number of halogens is 5. The third-order valence-corrected chi connectivity index (χ3v) is 11.9. The van der Waals surface area contributed by atoms with Crippen molar-refractivity contribution in [2.45, 2.75) is 76.8 Å². The summed E-state index contributed by atoms with van der Waals surface area (Å²) in [5, 5.41) is 23.9. The van der Waals surface area contributed by atoms with Gasteiger partial charge in [-0.1, -0.05) is 30.7 Å². The summed E-state index contributed by atoms with van der Waals surface area (Å²) in [5.74, 6) is -1.39. The fourth-order valence-corrected chi connectivity index (χ4v) is 8.35. The number of hydrogen-bond donors (Lipinski definition) is 2. The van der Waals surface area contributed by atoms with Gasteiger partial charge in [0.25, 0.3) is 6.33 Å². The maximum atomic E-state index is 15.6. The van der Waals surface area contributed by atoms with Gasteiger partial charge >= 0.3 is 17.8 Å². The van der Waals surface area contributed by atoms with Gasteiger partial charge < -0.3 is 51.7 Å². The van der Waals surface area contributed by atoms with Crippen LogP contribution in [-0.4, -0.2) is 107 Å². The Hall–Kier alpha value is -5.51. The fraction of sp³-hybridized carbons (Fsp3) is 0.455. The average molecular weight is 996 g/mol. The number of benzene rings is 3. The SMILES string of the molecule is CCC(C(C)O)n1ncn(N2CCN(c3ccc(OC4COC(Cn5c[n+](C(C)OC(=O)N(C)c6cc(Cl)ccc6COC(=O)CNC)cn5)(c5ccc(F)cc5F)C4)cc3)CC2)c1=O.Cl.[Cl-]. The highest BCUT2D eigenvalue weighted by Crippen LogP contribution is 2.41. The Kier molecular flexibility index (Phi) is 18.0. The van der Waals surface area contributed by atoms with Crippen molar-refractivity contribution in [1.29, 1.82) is 0 Å². The van der Waals surface area contributed by atoms with Crippen LogP contribution in [0.1, 0.15) is 57.0 Å². The summed E-state index contributed by atoms with van der Waals surface area (Å²) in [6, 6.07) is 15.4. The lowest BCUT2D eigenvalue weighted by Crippen LogP contribution is -3.00. The van der Waals surface area contributed by atoms with E-state index in [1.807, 2.05) is 36.2 Å². The van der Waals surface area contributed by atoms with Gasteiger partial charge in [0.2, 0.25) is 12.6 Å². The first-order valence-electron chi connectivity index (χ1n) is 21.3. The van der Waals surface area contributed by atoms with Gasteiger partial charge in [0.15, 0.2) is 0 Å². The van der Waals surface area contributed by atoms with Crippen molar-refractivity contribution in [3.05, 3.63) is 118 Å². The van der Waals surface area contributed by atoms with E-state index in [-0.39, 0.29) is 68.8 Å². The van der Waals surface area contributed by atoms with E-state index in [0.717, 1.165) is 11.8 Å². The molecule has 3 aromatic carbocycles. The zero-order chi connectivity index (χ0) is 46.4. The van der Waals surface area contributed by atoms with Gasteiger partial charge in [0.05, 0.1) is 44.1 Å². The molecule has 0 radical (unpaired) electrons. The second-order valence-corrected chi connectivity index (χ2v) is 16.6. The summed E-state index contributed by atoms with van der Waals surface area (Å²) in [4.78, 5) is 41.9. The number of piperazine rings is 1. The van der Waals surface area contributed by atoms with Crippen LogP contribution >= 0.6 is 24.0 Å². The molecule has 0 bridgehead atoms. The van der Waals surface area contributed by atoms with Crippen LogP contribution in [0.15, 0.2) is 84.4 Å². The first-order chi connectivity index (χ1) is 31.2. The number of ether oxygens (including phenoxy) is 4. The summed E-state index contributed by atoms with van der Waals surface area (Å²) < 4.78 is 59.5. The Balaban J connectivity index is 0.00000420. The van der Waals surface area contributed by atoms with Crippen molar-refractivity contribution in [2.24, 2.45) is 0 Å². The van der Waals surface area contributed by atoms with Crippen LogP contribution in [0.5, 0.6) is 5.75 Å². The summed E-state index contributed by atoms with van der Waals surface area (Å²) >= 11 is 6.26. The van der Waals surface area contributed by atoms with E-state index in [1.54, 1.807) is 50.0 Å². The molecule has 5 unspecified atom stereocenters. The number of aliphatic hydroxyl groups is 1. The number of rotatable bonds is 17. The molecule has 5 atom stereocenters. The Labute approximate surface area is 403 Å². The van der Waals surface area contributed by atoms with Crippen LogP contribution in [-0.2, 0) is 37.8 Å². The maximum absolute atomic E-state index is 15.6. The van der Waals surface area contributed by atoms with Crippen molar-refractivity contribution < 1.29 is 59.4 Å². The minimum Gasteiger partial charge on any atom is -1.00 e. The normalized spacial score (nSPS) is 18.3. The molecule has 18 nitrogen and oxygen atoms in total. The Morgan fingerprint density at radius 3 is 2.48 bits per heavy atom. The molecular formula is C44H55Cl3F2N10O8. The van der Waals surface area contributed by atoms with Gasteiger partial charge in [-0.25, -0.2) is 23.1 Å².